The molecule has 1 aromatic heterocycles. The van der Waals surface area contributed by atoms with E-state index in [9.17, 15) is 9.59 Å². The van der Waals surface area contributed by atoms with Crippen LogP contribution < -0.4 is 25.2 Å². The van der Waals surface area contributed by atoms with Gasteiger partial charge in [0.15, 0.2) is 5.82 Å². The normalized spacial score (nSPS) is 24.6. The standard InChI is InChI=1S/C30H41N7O3/c1-19-6-5-7-23(19)37-18-30(12-13-30)28(39)36(3)24-17-31-29(34-26(24)37)33-22-9-8-20(16-25(22)40-4)27(38)32-21-10-14-35(2)15-11-21/h8-9,16-17,19,21,23H,5-7,10-15,18H2,1-4H3,(H,32,38)(H,31,33,34). The molecule has 1 aromatic carbocycles. The molecule has 10 heteroatoms. The fraction of sp³-hybridized carbons (Fsp3) is 0.600. The second-order valence-corrected chi connectivity index (χ2v) is 12.2. The van der Waals surface area contributed by atoms with E-state index in [0.29, 0.717) is 41.5 Å². The first-order valence-corrected chi connectivity index (χ1v) is 14.6. The second-order valence-electron chi connectivity index (χ2n) is 12.2. The summed E-state index contributed by atoms with van der Waals surface area (Å²) in [5, 5.41) is 6.48. The average Bonchev–Trinajstić information content (AvgIpc) is 3.64. The van der Waals surface area contributed by atoms with Gasteiger partial charge in [-0.25, -0.2) is 4.98 Å². The van der Waals surface area contributed by atoms with Crippen molar-refractivity contribution in [2.45, 2.75) is 64.0 Å². The minimum absolute atomic E-state index is 0.0938. The molecule has 2 atom stereocenters. The number of hydrogen-bond acceptors (Lipinski definition) is 8. The molecule has 2 N–H and O–H groups in total. The van der Waals surface area contributed by atoms with Crippen molar-refractivity contribution in [1.82, 2.24) is 20.2 Å². The van der Waals surface area contributed by atoms with Gasteiger partial charge in [0.1, 0.15) is 11.4 Å². The zero-order chi connectivity index (χ0) is 28.0. The van der Waals surface area contributed by atoms with Crippen LogP contribution >= 0.6 is 0 Å². The Bertz CT molecular complexity index is 1290. The number of methoxy groups -OCH3 is 1. The molecule has 214 valence electrons. The Labute approximate surface area is 236 Å². The summed E-state index contributed by atoms with van der Waals surface area (Å²) < 4.78 is 5.66. The number of amides is 2. The summed E-state index contributed by atoms with van der Waals surface area (Å²) in [6.07, 6.45) is 9.01. The first-order valence-electron chi connectivity index (χ1n) is 14.6. The topological polar surface area (TPSA) is 103 Å². The predicted octanol–water partition coefficient (Wildman–Crippen LogP) is 3.80. The lowest BCUT2D eigenvalue weighted by atomic mass is 10.0. The van der Waals surface area contributed by atoms with Crippen molar-refractivity contribution in [3.63, 3.8) is 0 Å². The number of anilines is 4. The Balaban J connectivity index is 1.25. The summed E-state index contributed by atoms with van der Waals surface area (Å²) in [5.74, 6) is 2.40. The Hall–Kier alpha value is -3.40. The number of benzene rings is 1. The van der Waals surface area contributed by atoms with E-state index >= 15 is 0 Å². The summed E-state index contributed by atoms with van der Waals surface area (Å²) in [5.41, 5.74) is 1.68. The summed E-state index contributed by atoms with van der Waals surface area (Å²) in [7, 11) is 5.55. The number of nitrogens with zero attached hydrogens (tertiary/aromatic N) is 5. The van der Waals surface area contributed by atoms with Crippen molar-refractivity contribution >= 4 is 35.0 Å². The Kier molecular flexibility index (Phi) is 7.06. The molecule has 1 spiro atoms. The van der Waals surface area contributed by atoms with Gasteiger partial charge in [0.25, 0.3) is 5.91 Å². The Morgan fingerprint density at radius 3 is 2.58 bits per heavy atom. The smallest absolute Gasteiger partial charge is 0.251 e. The van der Waals surface area contributed by atoms with Gasteiger partial charge in [0.05, 0.1) is 24.4 Å². The zero-order valence-electron chi connectivity index (χ0n) is 24.1. The van der Waals surface area contributed by atoms with E-state index in [4.69, 9.17) is 9.72 Å². The summed E-state index contributed by atoms with van der Waals surface area (Å²) in [6.45, 7) is 4.99. The van der Waals surface area contributed by atoms with E-state index in [1.54, 1.807) is 30.3 Å². The monoisotopic (exact) mass is 547 g/mol. The maximum absolute atomic E-state index is 13.4. The van der Waals surface area contributed by atoms with Crippen LogP contribution in [0.5, 0.6) is 5.75 Å². The van der Waals surface area contributed by atoms with Crippen LogP contribution in [0.2, 0.25) is 0 Å². The number of aromatic nitrogens is 2. The molecule has 2 aromatic rings. The van der Waals surface area contributed by atoms with E-state index < -0.39 is 0 Å². The van der Waals surface area contributed by atoms with Crippen LogP contribution in [0.3, 0.4) is 0 Å². The Morgan fingerprint density at radius 2 is 1.90 bits per heavy atom. The average molecular weight is 548 g/mol. The number of carbonyl (C=O) groups excluding carboxylic acids is 2. The molecule has 2 unspecified atom stereocenters. The minimum atomic E-state index is -0.307. The zero-order valence-corrected chi connectivity index (χ0v) is 24.1. The lowest BCUT2D eigenvalue weighted by Crippen LogP contribution is -2.43. The van der Waals surface area contributed by atoms with Gasteiger partial charge < -0.3 is 30.1 Å². The molecular formula is C30H41N7O3. The van der Waals surface area contributed by atoms with Gasteiger partial charge in [-0.2, -0.15) is 4.98 Å². The van der Waals surface area contributed by atoms with Crippen LogP contribution in [-0.2, 0) is 4.79 Å². The van der Waals surface area contributed by atoms with Crippen molar-refractivity contribution in [3.8, 4) is 5.75 Å². The van der Waals surface area contributed by atoms with E-state index in [0.717, 1.165) is 56.7 Å². The molecule has 1 saturated heterocycles. The molecule has 2 aliphatic heterocycles. The fourth-order valence-corrected chi connectivity index (χ4v) is 6.67. The molecule has 4 aliphatic rings. The van der Waals surface area contributed by atoms with Gasteiger partial charge >= 0.3 is 0 Å². The lowest BCUT2D eigenvalue weighted by Gasteiger charge is -2.34. The van der Waals surface area contributed by atoms with Crippen LogP contribution in [-0.4, -0.2) is 79.6 Å². The Morgan fingerprint density at radius 1 is 1.12 bits per heavy atom. The van der Waals surface area contributed by atoms with E-state index in [1.165, 1.54) is 12.8 Å². The number of carbonyl (C=O) groups is 2. The largest absolute Gasteiger partial charge is 0.495 e. The molecule has 0 bridgehead atoms. The summed E-state index contributed by atoms with van der Waals surface area (Å²) in [4.78, 5) is 42.4. The molecule has 6 rings (SSSR count). The van der Waals surface area contributed by atoms with Gasteiger partial charge in [-0.1, -0.05) is 13.3 Å². The molecule has 2 saturated carbocycles. The SMILES string of the molecule is COc1cc(C(=O)NC2CCN(C)CC2)ccc1Nc1ncc2c(n1)N(C1CCCC1C)CC1(CC1)C(=O)N2C. The molecule has 2 aliphatic carbocycles. The van der Waals surface area contributed by atoms with Crippen LogP contribution in [0.4, 0.5) is 23.1 Å². The number of likely N-dealkylation sites (tertiary alicyclic amines) is 1. The van der Waals surface area contributed by atoms with Crippen LogP contribution in [0, 0.1) is 11.3 Å². The highest BCUT2D eigenvalue weighted by Gasteiger charge is 2.55. The number of fused-ring (bicyclic) bond motifs is 1. The van der Waals surface area contributed by atoms with Gasteiger partial charge in [-0.15, -0.1) is 0 Å². The summed E-state index contributed by atoms with van der Waals surface area (Å²) in [6, 6.07) is 5.93. The van der Waals surface area contributed by atoms with E-state index in [-0.39, 0.29) is 23.3 Å². The molecule has 0 radical (unpaired) electrons. The quantitative estimate of drug-likeness (QED) is 0.563. The van der Waals surface area contributed by atoms with Gasteiger partial charge in [0.2, 0.25) is 11.9 Å². The molecular weight excluding hydrogens is 506 g/mol. The van der Waals surface area contributed by atoms with Crippen molar-refractivity contribution < 1.29 is 14.3 Å². The van der Waals surface area contributed by atoms with E-state index in [1.807, 2.05) is 13.1 Å². The van der Waals surface area contributed by atoms with Crippen molar-refractivity contribution in [3.05, 3.63) is 30.0 Å². The number of nitrogens with one attached hydrogen (secondary N) is 2. The number of hydrogen-bond donors (Lipinski definition) is 2. The highest BCUT2D eigenvalue weighted by atomic mass is 16.5. The third-order valence-electron chi connectivity index (χ3n) is 9.45. The molecule has 3 fully saturated rings. The lowest BCUT2D eigenvalue weighted by molar-refractivity contribution is -0.123. The minimum Gasteiger partial charge on any atom is -0.495 e. The van der Waals surface area contributed by atoms with Crippen LogP contribution in [0.25, 0.3) is 0 Å². The van der Waals surface area contributed by atoms with E-state index in [2.05, 4.69) is 39.4 Å². The first kappa shape index (κ1) is 26.8. The molecule has 40 heavy (non-hydrogen) atoms. The third-order valence-corrected chi connectivity index (χ3v) is 9.45. The highest BCUT2D eigenvalue weighted by molar-refractivity contribution is 6.03. The maximum Gasteiger partial charge on any atom is 0.251 e. The number of rotatable bonds is 6. The molecule has 3 heterocycles. The van der Waals surface area contributed by atoms with Gasteiger partial charge in [-0.05, 0) is 82.8 Å². The van der Waals surface area contributed by atoms with Gasteiger partial charge in [-0.3, -0.25) is 9.59 Å². The third kappa shape index (κ3) is 4.98. The van der Waals surface area contributed by atoms with Crippen molar-refractivity contribution in [2.24, 2.45) is 11.3 Å². The summed E-state index contributed by atoms with van der Waals surface area (Å²) >= 11 is 0. The van der Waals surface area contributed by atoms with Crippen molar-refractivity contribution in [2.75, 3.05) is 56.0 Å². The van der Waals surface area contributed by atoms with Gasteiger partial charge in [0, 0.05) is 31.2 Å². The molecule has 10 nitrogen and oxygen atoms in total. The number of piperidine rings is 1. The fourth-order valence-electron chi connectivity index (χ4n) is 6.67. The second kappa shape index (κ2) is 10.5. The highest BCUT2D eigenvalue weighted by Crippen LogP contribution is 2.53. The first-order chi connectivity index (χ1) is 19.3. The van der Waals surface area contributed by atoms with Crippen molar-refractivity contribution in [1.29, 1.82) is 0 Å². The maximum atomic E-state index is 13.4. The van der Waals surface area contributed by atoms with Crippen LogP contribution in [0.1, 0.15) is 62.2 Å². The number of ether oxygens (including phenoxy) is 1. The predicted molar refractivity (Wildman–Crippen MR) is 156 cm³/mol. The van der Waals surface area contributed by atoms with Crippen LogP contribution in [0.15, 0.2) is 24.4 Å². The molecule has 2 amide bonds.